The molecule has 124 valence electrons. The third-order valence-corrected chi connectivity index (χ3v) is 3.04. The number of thiocarbonyl (C=S) groups is 1. The SMILES string of the molecule is O=C1NC(=S)NC(=O)C1C=NNc1ccc([N+](=O)[O-])cc1[N+](=O)[O-]. The van der Waals surface area contributed by atoms with Gasteiger partial charge in [0.15, 0.2) is 11.0 Å². The number of carbonyl (C=O) groups excluding carboxylic acids is 2. The highest BCUT2D eigenvalue weighted by molar-refractivity contribution is 7.80. The Morgan fingerprint density at radius 2 is 1.79 bits per heavy atom. The van der Waals surface area contributed by atoms with E-state index in [0.717, 1.165) is 24.4 Å². The van der Waals surface area contributed by atoms with E-state index in [0.29, 0.717) is 0 Å². The van der Waals surface area contributed by atoms with Crippen LogP contribution < -0.4 is 16.1 Å². The Kier molecular flexibility index (Phi) is 4.74. The van der Waals surface area contributed by atoms with Gasteiger partial charge in [-0.2, -0.15) is 5.10 Å². The molecule has 0 spiro atoms. The zero-order valence-corrected chi connectivity index (χ0v) is 12.4. The van der Waals surface area contributed by atoms with Crippen LogP contribution in [0.2, 0.25) is 0 Å². The van der Waals surface area contributed by atoms with Crippen molar-refractivity contribution in [3.8, 4) is 0 Å². The summed E-state index contributed by atoms with van der Waals surface area (Å²) in [6.45, 7) is 0. The van der Waals surface area contributed by atoms with Crippen molar-refractivity contribution < 1.29 is 19.4 Å². The van der Waals surface area contributed by atoms with E-state index >= 15 is 0 Å². The average Bonchev–Trinajstić information content (AvgIpc) is 2.49. The fourth-order valence-electron chi connectivity index (χ4n) is 1.73. The Balaban J connectivity index is 2.18. The molecule has 2 amide bonds. The molecule has 0 unspecified atom stereocenters. The second-order valence-electron chi connectivity index (χ2n) is 4.39. The van der Waals surface area contributed by atoms with E-state index in [1.54, 1.807) is 0 Å². The Morgan fingerprint density at radius 1 is 1.17 bits per heavy atom. The van der Waals surface area contributed by atoms with Crippen LogP contribution in [0, 0.1) is 26.1 Å². The van der Waals surface area contributed by atoms with Crippen molar-refractivity contribution in [3.05, 3.63) is 38.4 Å². The maximum absolute atomic E-state index is 11.6. The number of non-ortho nitro benzene ring substituents is 1. The van der Waals surface area contributed by atoms with E-state index in [9.17, 15) is 29.8 Å². The number of hydrogen-bond donors (Lipinski definition) is 3. The topological polar surface area (TPSA) is 169 Å². The summed E-state index contributed by atoms with van der Waals surface area (Å²) in [6.07, 6.45) is 0.928. The van der Waals surface area contributed by atoms with Crippen LogP contribution in [-0.4, -0.2) is 33.0 Å². The number of nitro groups is 2. The van der Waals surface area contributed by atoms with Crippen LogP contribution in [0.5, 0.6) is 0 Å². The molecule has 1 aromatic rings. The van der Waals surface area contributed by atoms with Gasteiger partial charge in [0, 0.05) is 12.3 Å². The van der Waals surface area contributed by atoms with Crippen molar-refractivity contribution in [2.45, 2.75) is 0 Å². The van der Waals surface area contributed by atoms with Crippen molar-refractivity contribution in [1.82, 2.24) is 10.6 Å². The molecule has 12 nitrogen and oxygen atoms in total. The molecular formula is C11H8N6O6S. The van der Waals surface area contributed by atoms with Gasteiger partial charge in [-0.05, 0) is 18.3 Å². The van der Waals surface area contributed by atoms with Crippen molar-refractivity contribution in [1.29, 1.82) is 0 Å². The lowest BCUT2D eigenvalue weighted by Crippen LogP contribution is -2.56. The summed E-state index contributed by atoms with van der Waals surface area (Å²) >= 11 is 4.63. The number of amides is 2. The molecule has 24 heavy (non-hydrogen) atoms. The highest BCUT2D eigenvalue weighted by Crippen LogP contribution is 2.28. The maximum atomic E-state index is 11.6. The van der Waals surface area contributed by atoms with Gasteiger partial charge >= 0.3 is 5.69 Å². The predicted octanol–water partition coefficient (Wildman–Crippen LogP) is 0.0478. The molecule has 0 atom stereocenters. The van der Waals surface area contributed by atoms with E-state index in [-0.39, 0.29) is 10.8 Å². The molecule has 1 heterocycles. The van der Waals surface area contributed by atoms with Crippen LogP contribution in [0.1, 0.15) is 0 Å². The third-order valence-electron chi connectivity index (χ3n) is 2.84. The lowest BCUT2D eigenvalue weighted by molar-refractivity contribution is -0.393. The molecule has 0 saturated carbocycles. The molecular weight excluding hydrogens is 344 g/mol. The van der Waals surface area contributed by atoms with Crippen molar-refractivity contribution >= 4 is 52.4 Å². The number of nitrogens with zero attached hydrogens (tertiary/aromatic N) is 3. The normalized spacial score (nSPS) is 15.1. The van der Waals surface area contributed by atoms with Crippen LogP contribution in [0.15, 0.2) is 23.3 Å². The van der Waals surface area contributed by atoms with E-state index in [1.165, 1.54) is 0 Å². The highest BCUT2D eigenvalue weighted by Gasteiger charge is 2.31. The molecule has 0 aliphatic carbocycles. The minimum absolute atomic E-state index is 0.131. The second kappa shape index (κ2) is 6.74. The van der Waals surface area contributed by atoms with Gasteiger partial charge in [-0.3, -0.25) is 35.2 Å². The molecule has 1 aliphatic heterocycles. The number of benzene rings is 1. The van der Waals surface area contributed by atoms with E-state index in [2.05, 4.69) is 33.4 Å². The molecule has 2 rings (SSSR count). The van der Waals surface area contributed by atoms with E-state index < -0.39 is 39.0 Å². The quantitative estimate of drug-likeness (QED) is 0.219. The molecule has 0 radical (unpaired) electrons. The lowest BCUT2D eigenvalue weighted by Gasteiger charge is -2.19. The van der Waals surface area contributed by atoms with Crippen LogP contribution in [0.4, 0.5) is 17.1 Å². The molecule has 3 N–H and O–H groups in total. The minimum Gasteiger partial charge on any atom is -0.302 e. The fraction of sp³-hybridized carbons (Fsp3) is 0.0909. The summed E-state index contributed by atoms with van der Waals surface area (Å²) in [7, 11) is 0. The van der Waals surface area contributed by atoms with Gasteiger partial charge in [-0.1, -0.05) is 0 Å². The largest absolute Gasteiger partial charge is 0.302 e. The van der Waals surface area contributed by atoms with Crippen molar-refractivity contribution in [2.75, 3.05) is 5.43 Å². The molecule has 0 bridgehead atoms. The Morgan fingerprint density at radius 3 is 2.33 bits per heavy atom. The van der Waals surface area contributed by atoms with Gasteiger partial charge in [0.25, 0.3) is 5.69 Å². The molecule has 1 aromatic carbocycles. The number of rotatable bonds is 5. The second-order valence-corrected chi connectivity index (χ2v) is 4.80. The first-order chi connectivity index (χ1) is 11.3. The van der Waals surface area contributed by atoms with Gasteiger partial charge in [0.1, 0.15) is 5.69 Å². The van der Waals surface area contributed by atoms with Gasteiger partial charge in [-0.25, -0.2) is 0 Å². The predicted molar refractivity (Wildman–Crippen MR) is 84.2 cm³/mol. The summed E-state index contributed by atoms with van der Waals surface area (Å²) in [5.74, 6) is -2.68. The van der Waals surface area contributed by atoms with Crippen molar-refractivity contribution in [2.24, 2.45) is 11.0 Å². The third kappa shape index (κ3) is 3.64. The summed E-state index contributed by atoms with van der Waals surface area (Å²) in [5.41, 5.74) is 1.08. The van der Waals surface area contributed by atoms with Crippen LogP contribution in [0.3, 0.4) is 0 Å². The Labute approximate surface area is 138 Å². The number of nitro benzene ring substituents is 2. The lowest BCUT2D eigenvalue weighted by atomic mass is 10.1. The van der Waals surface area contributed by atoms with Crippen LogP contribution >= 0.6 is 12.2 Å². The summed E-state index contributed by atoms with van der Waals surface area (Å²) in [5, 5.41) is 29.5. The summed E-state index contributed by atoms with van der Waals surface area (Å²) in [6, 6.07) is 2.89. The van der Waals surface area contributed by atoms with E-state index in [1.807, 2.05) is 0 Å². The first-order valence-electron chi connectivity index (χ1n) is 6.17. The average molecular weight is 352 g/mol. The van der Waals surface area contributed by atoms with Crippen LogP contribution in [-0.2, 0) is 9.59 Å². The maximum Gasteiger partial charge on any atom is 0.301 e. The van der Waals surface area contributed by atoms with Gasteiger partial charge in [0.2, 0.25) is 11.8 Å². The molecule has 1 fully saturated rings. The van der Waals surface area contributed by atoms with Gasteiger partial charge < -0.3 is 10.6 Å². The number of nitrogens with one attached hydrogen (secondary N) is 3. The van der Waals surface area contributed by atoms with E-state index in [4.69, 9.17) is 0 Å². The molecule has 0 aromatic heterocycles. The minimum atomic E-state index is -1.28. The Hall–Kier alpha value is -3.48. The molecule has 1 saturated heterocycles. The number of hydrazone groups is 1. The van der Waals surface area contributed by atoms with Crippen molar-refractivity contribution in [3.63, 3.8) is 0 Å². The smallest absolute Gasteiger partial charge is 0.301 e. The van der Waals surface area contributed by atoms with Gasteiger partial charge in [0.05, 0.1) is 15.9 Å². The number of anilines is 1. The monoisotopic (exact) mass is 352 g/mol. The summed E-state index contributed by atoms with van der Waals surface area (Å²) < 4.78 is 0. The standard InChI is InChI=1S/C11H8N6O6S/c18-9-6(10(19)14-11(24)13-9)4-12-15-7-2-1-5(16(20)21)3-8(7)17(22)23/h1-4,6,15H,(H2,13,14,18,19,24). The van der Waals surface area contributed by atoms with Gasteiger partial charge in [-0.15, -0.1) is 0 Å². The zero-order chi connectivity index (χ0) is 17.9. The fourth-order valence-corrected chi connectivity index (χ4v) is 1.93. The highest BCUT2D eigenvalue weighted by atomic mass is 32.1. The first-order valence-corrected chi connectivity index (χ1v) is 6.58. The molecule has 13 heteroatoms. The molecule has 1 aliphatic rings. The van der Waals surface area contributed by atoms with Crippen LogP contribution in [0.25, 0.3) is 0 Å². The first kappa shape index (κ1) is 16.9. The Bertz CT molecular complexity index is 773. The zero-order valence-electron chi connectivity index (χ0n) is 11.6. The summed E-state index contributed by atoms with van der Waals surface area (Å²) in [4.78, 5) is 43.2. The number of carbonyl (C=O) groups is 2. The number of hydrogen-bond acceptors (Lipinski definition) is 9.